The number of hydrogen-bond donors (Lipinski definition) is 1. The molecule has 2 amide bonds. The number of likely N-dealkylation sites (tertiary alicyclic amines) is 1. The van der Waals surface area contributed by atoms with E-state index in [1.165, 1.54) is 11.6 Å². The summed E-state index contributed by atoms with van der Waals surface area (Å²) in [5.74, 6) is 0.176. The Labute approximate surface area is 209 Å². The van der Waals surface area contributed by atoms with E-state index in [0.29, 0.717) is 24.7 Å². The van der Waals surface area contributed by atoms with Crippen LogP contribution in [0.3, 0.4) is 0 Å². The van der Waals surface area contributed by atoms with Crippen LogP contribution in [0.25, 0.3) is 11.0 Å². The lowest BCUT2D eigenvalue weighted by Crippen LogP contribution is -2.35. The summed E-state index contributed by atoms with van der Waals surface area (Å²) in [6.45, 7) is 10.9. The lowest BCUT2D eigenvalue weighted by Gasteiger charge is -2.26. The van der Waals surface area contributed by atoms with E-state index in [4.69, 9.17) is 14.2 Å². The molecule has 2 aliphatic heterocycles. The SMILES string of the molecule is C=CC(=O)N1CCC[C@@H](n2c(NC(=O)c3cc(C)no3)nc3cc(CN4CCOCC4)ccc32)CC1. The molecular weight excluding hydrogens is 460 g/mol. The molecule has 0 aliphatic carbocycles. The number of aryl methyl sites for hydroxylation is 1. The van der Waals surface area contributed by atoms with Crippen LogP contribution in [-0.2, 0) is 16.1 Å². The Balaban J connectivity index is 1.46. The summed E-state index contributed by atoms with van der Waals surface area (Å²) in [6.07, 6.45) is 3.85. The molecule has 10 heteroatoms. The highest BCUT2D eigenvalue weighted by atomic mass is 16.5. The molecule has 0 bridgehead atoms. The number of aromatic nitrogens is 3. The van der Waals surface area contributed by atoms with Crippen LogP contribution in [0.15, 0.2) is 41.4 Å². The summed E-state index contributed by atoms with van der Waals surface area (Å²) < 4.78 is 12.7. The number of anilines is 1. The molecule has 0 radical (unpaired) electrons. The molecule has 4 heterocycles. The number of amides is 2. The Bertz CT molecular complexity index is 1260. The number of nitrogens with zero attached hydrogens (tertiary/aromatic N) is 5. The third-order valence-electron chi connectivity index (χ3n) is 6.89. The van der Waals surface area contributed by atoms with Gasteiger partial charge < -0.3 is 18.7 Å². The van der Waals surface area contributed by atoms with E-state index in [9.17, 15) is 9.59 Å². The monoisotopic (exact) mass is 492 g/mol. The van der Waals surface area contributed by atoms with Crippen molar-refractivity contribution in [3.05, 3.63) is 53.9 Å². The average molecular weight is 493 g/mol. The lowest BCUT2D eigenvalue weighted by atomic mass is 10.1. The molecule has 5 rings (SSSR count). The predicted molar refractivity (Wildman–Crippen MR) is 135 cm³/mol. The first-order valence-corrected chi connectivity index (χ1v) is 12.5. The molecule has 2 fully saturated rings. The minimum atomic E-state index is -0.391. The average Bonchev–Trinajstić information content (AvgIpc) is 3.38. The Morgan fingerprint density at radius 1 is 1.17 bits per heavy atom. The summed E-state index contributed by atoms with van der Waals surface area (Å²) in [7, 11) is 0. The van der Waals surface area contributed by atoms with E-state index in [0.717, 1.165) is 63.1 Å². The smallest absolute Gasteiger partial charge is 0.296 e. The number of carbonyl (C=O) groups is 2. The topological polar surface area (TPSA) is 106 Å². The van der Waals surface area contributed by atoms with Gasteiger partial charge >= 0.3 is 0 Å². The summed E-state index contributed by atoms with van der Waals surface area (Å²) in [4.78, 5) is 34.2. The second-order valence-corrected chi connectivity index (χ2v) is 9.42. The Morgan fingerprint density at radius 2 is 2.00 bits per heavy atom. The predicted octanol–water partition coefficient (Wildman–Crippen LogP) is 3.16. The summed E-state index contributed by atoms with van der Waals surface area (Å²) in [5, 5.41) is 6.77. The molecule has 1 N–H and O–H groups in total. The molecular formula is C26H32N6O4. The van der Waals surface area contributed by atoms with Gasteiger partial charge in [0.25, 0.3) is 5.91 Å². The molecule has 0 unspecified atom stereocenters. The van der Waals surface area contributed by atoms with E-state index in [1.54, 1.807) is 13.0 Å². The molecule has 0 saturated carbocycles. The zero-order chi connectivity index (χ0) is 25.1. The van der Waals surface area contributed by atoms with Gasteiger partial charge in [-0.05, 0) is 50.0 Å². The fourth-order valence-electron chi connectivity index (χ4n) is 5.04. The highest BCUT2D eigenvalue weighted by Gasteiger charge is 2.26. The van der Waals surface area contributed by atoms with Crippen molar-refractivity contribution in [1.29, 1.82) is 0 Å². The van der Waals surface area contributed by atoms with Crippen molar-refractivity contribution in [2.75, 3.05) is 44.7 Å². The normalized spacial score (nSPS) is 19.2. The van der Waals surface area contributed by atoms with Gasteiger partial charge in [0.1, 0.15) is 0 Å². The number of nitrogens with one attached hydrogen (secondary N) is 1. The maximum Gasteiger partial charge on any atom is 0.296 e. The van der Waals surface area contributed by atoms with Crippen LogP contribution in [0.5, 0.6) is 0 Å². The van der Waals surface area contributed by atoms with Crippen molar-refractivity contribution in [2.24, 2.45) is 0 Å². The Kier molecular flexibility index (Phi) is 7.15. The van der Waals surface area contributed by atoms with Crippen LogP contribution >= 0.6 is 0 Å². The minimum absolute atomic E-state index is 0.0480. The second-order valence-electron chi connectivity index (χ2n) is 9.42. The first-order chi connectivity index (χ1) is 17.5. The van der Waals surface area contributed by atoms with Crippen LogP contribution in [0, 0.1) is 6.92 Å². The number of carbonyl (C=O) groups excluding carboxylic acids is 2. The molecule has 190 valence electrons. The van der Waals surface area contributed by atoms with Gasteiger partial charge in [-0.2, -0.15) is 0 Å². The zero-order valence-electron chi connectivity index (χ0n) is 20.6. The van der Waals surface area contributed by atoms with Gasteiger partial charge in [-0.1, -0.05) is 17.8 Å². The maximum atomic E-state index is 12.9. The van der Waals surface area contributed by atoms with Crippen molar-refractivity contribution in [1.82, 2.24) is 24.5 Å². The fraction of sp³-hybridized carbons (Fsp3) is 0.462. The van der Waals surface area contributed by atoms with Gasteiger partial charge in [-0.25, -0.2) is 4.98 Å². The third kappa shape index (κ3) is 5.19. The summed E-state index contributed by atoms with van der Waals surface area (Å²) >= 11 is 0. The highest BCUT2D eigenvalue weighted by molar-refractivity contribution is 6.02. The first kappa shape index (κ1) is 24.2. The van der Waals surface area contributed by atoms with Crippen LogP contribution in [0.1, 0.15) is 47.1 Å². The number of ether oxygens (including phenoxy) is 1. The van der Waals surface area contributed by atoms with E-state index in [-0.39, 0.29) is 17.7 Å². The van der Waals surface area contributed by atoms with E-state index < -0.39 is 5.91 Å². The molecule has 1 atom stereocenters. The van der Waals surface area contributed by atoms with Gasteiger partial charge in [0.15, 0.2) is 0 Å². The highest BCUT2D eigenvalue weighted by Crippen LogP contribution is 2.32. The van der Waals surface area contributed by atoms with Crippen LogP contribution in [0.4, 0.5) is 5.95 Å². The molecule has 3 aromatic rings. The van der Waals surface area contributed by atoms with Gasteiger partial charge in [0.2, 0.25) is 17.6 Å². The summed E-state index contributed by atoms with van der Waals surface area (Å²) in [6, 6.07) is 8.00. The third-order valence-corrected chi connectivity index (χ3v) is 6.89. The largest absolute Gasteiger partial charge is 0.379 e. The van der Waals surface area contributed by atoms with Crippen molar-refractivity contribution < 1.29 is 18.8 Å². The number of morpholine rings is 1. The van der Waals surface area contributed by atoms with E-state index >= 15 is 0 Å². The molecule has 2 saturated heterocycles. The molecule has 2 aromatic heterocycles. The minimum Gasteiger partial charge on any atom is -0.379 e. The zero-order valence-corrected chi connectivity index (χ0v) is 20.6. The molecule has 2 aliphatic rings. The van der Waals surface area contributed by atoms with Crippen molar-refractivity contribution in [3.63, 3.8) is 0 Å². The van der Waals surface area contributed by atoms with E-state index in [1.807, 2.05) is 4.90 Å². The van der Waals surface area contributed by atoms with Gasteiger partial charge in [-0.3, -0.25) is 19.8 Å². The molecule has 1 aromatic carbocycles. The van der Waals surface area contributed by atoms with Crippen LogP contribution < -0.4 is 5.32 Å². The number of imidazole rings is 1. The van der Waals surface area contributed by atoms with Crippen molar-refractivity contribution in [2.45, 2.75) is 38.8 Å². The number of fused-ring (bicyclic) bond motifs is 1. The Hall–Kier alpha value is -3.50. The second kappa shape index (κ2) is 10.6. The number of hydrogen-bond acceptors (Lipinski definition) is 7. The molecule has 0 spiro atoms. The lowest BCUT2D eigenvalue weighted by molar-refractivity contribution is -0.125. The fourth-order valence-corrected chi connectivity index (χ4v) is 5.04. The maximum absolute atomic E-state index is 12.9. The number of rotatable bonds is 6. The van der Waals surface area contributed by atoms with Gasteiger partial charge in [0, 0.05) is 44.8 Å². The van der Waals surface area contributed by atoms with Crippen molar-refractivity contribution >= 4 is 28.8 Å². The van der Waals surface area contributed by atoms with Crippen LogP contribution in [-0.4, -0.2) is 75.7 Å². The van der Waals surface area contributed by atoms with E-state index in [2.05, 4.69) is 44.7 Å². The van der Waals surface area contributed by atoms with Crippen LogP contribution in [0.2, 0.25) is 0 Å². The van der Waals surface area contributed by atoms with Crippen molar-refractivity contribution in [3.8, 4) is 0 Å². The molecule has 10 nitrogen and oxygen atoms in total. The quantitative estimate of drug-likeness (QED) is 0.527. The standard InChI is InChI=1S/C26H32N6O4/c1-3-24(33)31-9-4-5-20(8-10-31)32-22-7-6-19(17-30-11-13-35-14-12-30)16-21(22)27-26(32)28-25(34)23-15-18(2)29-36-23/h3,6-7,15-16,20H,1,4-5,8-14,17H2,2H3,(H,27,28,34)/t20-/m1/s1. The van der Waals surface area contributed by atoms with Gasteiger partial charge in [0.05, 0.1) is 29.9 Å². The first-order valence-electron chi connectivity index (χ1n) is 12.5. The Morgan fingerprint density at radius 3 is 2.75 bits per heavy atom. The van der Waals surface area contributed by atoms with Gasteiger partial charge in [-0.15, -0.1) is 0 Å². The summed E-state index contributed by atoms with van der Waals surface area (Å²) in [5.41, 5.74) is 3.59. The molecule has 36 heavy (non-hydrogen) atoms. The number of benzene rings is 1.